The molecule has 0 unspecified atom stereocenters. The van der Waals surface area contributed by atoms with E-state index < -0.39 is 15.6 Å². The van der Waals surface area contributed by atoms with Crippen molar-refractivity contribution in [2.45, 2.75) is 36.3 Å². The Morgan fingerprint density at radius 2 is 2.04 bits per heavy atom. The summed E-state index contributed by atoms with van der Waals surface area (Å²) in [5.74, 6) is -3.62. The summed E-state index contributed by atoms with van der Waals surface area (Å²) in [5, 5.41) is 0. The molecule has 1 aromatic rings. The van der Waals surface area contributed by atoms with E-state index in [-0.39, 0.29) is 23.1 Å². The van der Waals surface area contributed by atoms with Gasteiger partial charge in [-0.05, 0) is 37.3 Å². The largest absolute Gasteiger partial charge is 0.370 e. The number of alkyl halides is 2. The SMILES string of the molecule is NC(=O)CC[C@@H]1CCCN(c2ccccc2S(=O)(=O)C(F)F)C1. The summed E-state index contributed by atoms with van der Waals surface area (Å²) in [4.78, 5) is 12.4. The molecule has 1 aliphatic rings. The molecule has 1 atom stereocenters. The molecule has 1 amide bonds. The summed E-state index contributed by atoms with van der Waals surface area (Å²) in [6.07, 6.45) is 2.62. The highest BCUT2D eigenvalue weighted by Crippen LogP contribution is 2.32. The second kappa shape index (κ2) is 7.25. The minimum absolute atomic E-state index is 0.193. The van der Waals surface area contributed by atoms with Crippen molar-refractivity contribution in [2.24, 2.45) is 11.7 Å². The van der Waals surface area contributed by atoms with Crippen LogP contribution >= 0.6 is 0 Å². The number of nitrogens with two attached hydrogens (primary N) is 1. The maximum atomic E-state index is 12.9. The van der Waals surface area contributed by atoms with Crippen molar-refractivity contribution in [2.75, 3.05) is 18.0 Å². The molecular formula is C15H20F2N2O3S. The molecule has 1 aromatic carbocycles. The molecule has 0 bridgehead atoms. The van der Waals surface area contributed by atoms with E-state index in [0.717, 1.165) is 12.8 Å². The first-order valence-electron chi connectivity index (χ1n) is 7.46. The summed E-state index contributed by atoms with van der Waals surface area (Å²) in [6, 6.07) is 5.83. The Morgan fingerprint density at radius 3 is 2.70 bits per heavy atom. The average molecular weight is 346 g/mol. The molecule has 0 radical (unpaired) electrons. The first-order valence-corrected chi connectivity index (χ1v) is 9.01. The van der Waals surface area contributed by atoms with Gasteiger partial charge in [-0.3, -0.25) is 4.79 Å². The molecule has 2 rings (SSSR count). The highest BCUT2D eigenvalue weighted by atomic mass is 32.2. The van der Waals surface area contributed by atoms with Crippen molar-refractivity contribution >= 4 is 21.4 Å². The van der Waals surface area contributed by atoms with Crippen LogP contribution in [0.25, 0.3) is 0 Å². The molecule has 1 saturated heterocycles. The Kier molecular flexibility index (Phi) is 5.56. The number of benzene rings is 1. The predicted octanol–water partition coefficient (Wildman–Crippen LogP) is 2.16. The highest BCUT2D eigenvalue weighted by Gasteiger charge is 2.31. The van der Waals surface area contributed by atoms with Crippen molar-refractivity contribution in [3.05, 3.63) is 24.3 Å². The molecule has 0 aromatic heterocycles. The summed E-state index contributed by atoms with van der Waals surface area (Å²) in [6.45, 7) is 1.13. The van der Waals surface area contributed by atoms with Crippen molar-refractivity contribution in [1.29, 1.82) is 0 Å². The average Bonchev–Trinajstić information content (AvgIpc) is 2.53. The molecule has 0 saturated carbocycles. The number of para-hydroxylation sites is 1. The third-order valence-corrected chi connectivity index (χ3v) is 5.49. The quantitative estimate of drug-likeness (QED) is 0.856. The molecule has 0 aliphatic carbocycles. The Hall–Kier alpha value is -1.70. The van der Waals surface area contributed by atoms with E-state index in [0.29, 0.717) is 25.2 Å². The van der Waals surface area contributed by atoms with Gasteiger partial charge >= 0.3 is 5.76 Å². The van der Waals surface area contributed by atoms with Gasteiger partial charge in [0.15, 0.2) is 0 Å². The molecule has 23 heavy (non-hydrogen) atoms. The van der Waals surface area contributed by atoms with Crippen LogP contribution in [-0.2, 0) is 14.6 Å². The second-order valence-electron chi connectivity index (χ2n) is 5.73. The van der Waals surface area contributed by atoms with Crippen LogP contribution in [0.1, 0.15) is 25.7 Å². The molecule has 8 heteroatoms. The van der Waals surface area contributed by atoms with Gasteiger partial charge in [0.05, 0.1) is 10.6 Å². The van der Waals surface area contributed by atoms with E-state index in [1.165, 1.54) is 12.1 Å². The summed E-state index contributed by atoms with van der Waals surface area (Å²) < 4.78 is 49.5. The monoisotopic (exact) mass is 346 g/mol. The summed E-state index contributed by atoms with van der Waals surface area (Å²) in [7, 11) is -4.65. The third-order valence-electron chi connectivity index (χ3n) is 4.07. The zero-order valence-corrected chi connectivity index (χ0v) is 13.4. The number of anilines is 1. The van der Waals surface area contributed by atoms with Gasteiger partial charge in [-0.15, -0.1) is 0 Å². The van der Waals surface area contributed by atoms with E-state index in [9.17, 15) is 22.0 Å². The van der Waals surface area contributed by atoms with Crippen LogP contribution in [0, 0.1) is 5.92 Å². The predicted molar refractivity (Wildman–Crippen MR) is 83.0 cm³/mol. The van der Waals surface area contributed by atoms with Crippen molar-refractivity contribution < 1.29 is 22.0 Å². The summed E-state index contributed by atoms with van der Waals surface area (Å²) in [5.41, 5.74) is 5.46. The number of piperidine rings is 1. The number of hydrogen-bond donors (Lipinski definition) is 1. The molecule has 128 valence electrons. The van der Waals surface area contributed by atoms with Gasteiger partial charge in [0.1, 0.15) is 0 Å². The van der Waals surface area contributed by atoms with Crippen LogP contribution < -0.4 is 10.6 Å². The van der Waals surface area contributed by atoms with E-state index >= 15 is 0 Å². The number of rotatable bonds is 6. The van der Waals surface area contributed by atoms with Crippen LogP contribution in [0.3, 0.4) is 0 Å². The molecular weight excluding hydrogens is 326 g/mol. The van der Waals surface area contributed by atoms with Crippen molar-refractivity contribution in [3.63, 3.8) is 0 Å². The fourth-order valence-corrected chi connectivity index (χ4v) is 3.87. The molecule has 2 N–H and O–H groups in total. The first kappa shape index (κ1) is 17.7. The van der Waals surface area contributed by atoms with Gasteiger partial charge in [0, 0.05) is 19.5 Å². The lowest BCUT2D eigenvalue weighted by Crippen LogP contribution is -2.36. The van der Waals surface area contributed by atoms with E-state index in [4.69, 9.17) is 5.73 Å². The van der Waals surface area contributed by atoms with Crippen LogP contribution in [0.4, 0.5) is 14.5 Å². The zero-order chi connectivity index (χ0) is 17.0. The number of nitrogens with zero attached hydrogens (tertiary/aromatic N) is 1. The van der Waals surface area contributed by atoms with E-state index in [1.807, 2.05) is 4.90 Å². The number of sulfone groups is 1. The Labute approximate surface area is 134 Å². The number of halogens is 2. The van der Waals surface area contributed by atoms with Crippen LogP contribution in [0.15, 0.2) is 29.2 Å². The second-order valence-corrected chi connectivity index (χ2v) is 7.62. The van der Waals surface area contributed by atoms with Gasteiger partial charge in [0.2, 0.25) is 15.7 Å². The van der Waals surface area contributed by atoms with Gasteiger partial charge in [-0.1, -0.05) is 12.1 Å². The van der Waals surface area contributed by atoms with Gasteiger partial charge in [-0.2, -0.15) is 8.78 Å². The third kappa shape index (κ3) is 4.19. The van der Waals surface area contributed by atoms with Gasteiger partial charge in [-0.25, -0.2) is 8.42 Å². The molecule has 1 fully saturated rings. The van der Waals surface area contributed by atoms with E-state index in [2.05, 4.69) is 0 Å². The summed E-state index contributed by atoms with van der Waals surface area (Å²) >= 11 is 0. The number of primary amides is 1. The van der Waals surface area contributed by atoms with Crippen molar-refractivity contribution in [1.82, 2.24) is 0 Å². The number of carbonyl (C=O) groups excluding carboxylic acids is 1. The van der Waals surface area contributed by atoms with Crippen molar-refractivity contribution in [3.8, 4) is 0 Å². The Morgan fingerprint density at radius 1 is 1.35 bits per heavy atom. The molecule has 1 aliphatic heterocycles. The molecule has 0 spiro atoms. The van der Waals surface area contributed by atoms with Gasteiger partial charge in [0.25, 0.3) is 0 Å². The molecule has 5 nitrogen and oxygen atoms in total. The number of amides is 1. The fraction of sp³-hybridized carbons (Fsp3) is 0.533. The van der Waals surface area contributed by atoms with Gasteiger partial charge < -0.3 is 10.6 Å². The Balaban J connectivity index is 2.23. The van der Waals surface area contributed by atoms with Crippen LogP contribution in [0.5, 0.6) is 0 Å². The Bertz CT molecular complexity index is 664. The normalized spacial score (nSPS) is 19.1. The first-order chi connectivity index (χ1) is 10.8. The minimum Gasteiger partial charge on any atom is -0.370 e. The topological polar surface area (TPSA) is 80.5 Å². The fourth-order valence-electron chi connectivity index (χ4n) is 2.92. The minimum atomic E-state index is -4.65. The lowest BCUT2D eigenvalue weighted by Gasteiger charge is -2.35. The highest BCUT2D eigenvalue weighted by molar-refractivity contribution is 7.91. The standard InChI is InChI=1S/C15H20F2N2O3S/c16-15(17)23(21,22)13-6-2-1-5-12(13)19-9-3-4-11(10-19)7-8-14(18)20/h1-2,5-6,11,15H,3-4,7-10H2,(H2,18,20)/t11-/m0/s1. The maximum Gasteiger partial charge on any atom is 0.341 e. The lowest BCUT2D eigenvalue weighted by atomic mass is 9.93. The number of hydrogen-bond acceptors (Lipinski definition) is 4. The van der Waals surface area contributed by atoms with E-state index in [1.54, 1.807) is 12.1 Å². The smallest absolute Gasteiger partial charge is 0.341 e. The lowest BCUT2D eigenvalue weighted by molar-refractivity contribution is -0.118. The zero-order valence-electron chi connectivity index (χ0n) is 12.6. The molecule has 1 heterocycles. The van der Waals surface area contributed by atoms with Crippen LogP contribution in [0.2, 0.25) is 0 Å². The number of carbonyl (C=O) groups is 1. The maximum absolute atomic E-state index is 12.9. The van der Waals surface area contributed by atoms with Crippen LogP contribution in [-0.4, -0.2) is 33.2 Å².